The van der Waals surface area contributed by atoms with Crippen LogP contribution in [0.15, 0.2) is 65.1 Å². The Balaban J connectivity index is 1.73. The Morgan fingerprint density at radius 1 is 0.955 bits per heavy atom. The van der Waals surface area contributed by atoms with Gasteiger partial charge in [-0.15, -0.1) is 0 Å². The number of carbonyl (C=O) groups excluding carboxylic acids is 1. The summed E-state index contributed by atoms with van der Waals surface area (Å²) in [6, 6.07) is 18.0. The highest BCUT2D eigenvalue weighted by molar-refractivity contribution is 5.67. The average molecular weight is 295 g/mol. The molecule has 0 saturated carbocycles. The molecule has 110 valence electrons. The molecular formula is C17H13NO4. The van der Waals surface area contributed by atoms with Crippen LogP contribution in [0.1, 0.15) is 5.69 Å². The first kappa shape index (κ1) is 13.9. The summed E-state index contributed by atoms with van der Waals surface area (Å²) in [5.41, 5.74) is 1.28. The SMILES string of the molecule is Cc1nc(-c2ccccc2)oc1OC(=O)Oc1ccccc1. The minimum Gasteiger partial charge on any atom is -0.405 e. The Labute approximate surface area is 127 Å². The third-order valence-electron chi connectivity index (χ3n) is 2.90. The number of para-hydroxylation sites is 1. The first-order chi connectivity index (χ1) is 10.7. The molecule has 0 fully saturated rings. The summed E-state index contributed by atoms with van der Waals surface area (Å²) < 4.78 is 15.6. The molecule has 1 aromatic heterocycles. The van der Waals surface area contributed by atoms with Gasteiger partial charge in [-0.25, -0.2) is 9.78 Å². The van der Waals surface area contributed by atoms with Crippen LogP contribution in [0.5, 0.6) is 11.7 Å². The maximum Gasteiger partial charge on any atom is 0.521 e. The van der Waals surface area contributed by atoms with Crippen LogP contribution in [0.25, 0.3) is 11.5 Å². The number of hydrogen-bond donors (Lipinski definition) is 0. The average Bonchev–Trinajstić information content (AvgIpc) is 2.90. The van der Waals surface area contributed by atoms with E-state index < -0.39 is 6.16 Å². The van der Waals surface area contributed by atoms with Gasteiger partial charge in [-0.3, -0.25) is 0 Å². The summed E-state index contributed by atoms with van der Waals surface area (Å²) in [7, 11) is 0. The largest absolute Gasteiger partial charge is 0.521 e. The number of aromatic nitrogens is 1. The number of oxazole rings is 1. The molecule has 0 amide bonds. The van der Waals surface area contributed by atoms with Crippen LogP contribution >= 0.6 is 0 Å². The van der Waals surface area contributed by atoms with E-state index in [-0.39, 0.29) is 5.95 Å². The van der Waals surface area contributed by atoms with E-state index in [1.54, 1.807) is 31.2 Å². The summed E-state index contributed by atoms with van der Waals surface area (Å²) in [6.45, 7) is 1.70. The van der Waals surface area contributed by atoms with E-state index >= 15 is 0 Å². The van der Waals surface area contributed by atoms with Crippen molar-refractivity contribution in [1.29, 1.82) is 0 Å². The van der Waals surface area contributed by atoms with Crippen LogP contribution in [0, 0.1) is 6.92 Å². The van der Waals surface area contributed by atoms with E-state index in [1.165, 1.54) is 0 Å². The first-order valence-electron chi connectivity index (χ1n) is 6.70. The summed E-state index contributed by atoms with van der Waals surface area (Å²) in [4.78, 5) is 16.0. The van der Waals surface area contributed by atoms with Gasteiger partial charge < -0.3 is 13.9 Å². The predicted molar refractivity (Wildman–Crippen MR) is 79.8 cm³/mol. The fourth-order valence-electron chi connectivity index (χ4n) is 1.86. The Morgan fingerprint density at radius 3 is 2.27 bits per heavy atom. The van der Waals surface area contributed by atoms with Gasteiger partial charge in [-0.05, 0) is 31.2 Å². The van der Waals surface area contributed by atoms with Crippen LogP contribution in [0.3, 0.4) is 0 Å². The zero-order valence-electron chi connectivity index (χ0n) is 11.9. The molecule has 0 aliphatic rings. The lowest BCUT2D eigenvalue weighted by Gasteiger charge is -2.02. The molecule has 1 heterocycles. The number of aryl methyl sites for hydroxylation is 1. The topological polar surface area (TPSA) is 61.6 Å². The molecule has 0 aliphatic heterocycles. The number of nitrogens with zero attached hydrogens (tertiary/aromatic N) is 1. The molecule has 5 nitrogen and oxygen atoms in total. The second kappa shape index (κ2) is 6.13. The van der Waals surface area contributed by atoms with Crippen LogP contribution in [0.2, 0.25) is 0 Å². The van der Waals surface area contributed by atoms with Gasteiger partial charge in [0.2, 0.25) is 5.89 Å². The van der Waals surface area contributed by atoms with Gasteiger partial charge in [0.15, 0.2) is 0 Å². The van der Waals surface area contributed by atoms with Crippen molar-refractivity contribution in [3.63, 3.8) is 0 Å². The van der Waals surface area contributed by atoms with Crippen molar-refractivity contribution < 1.29 is 18.7 Å². The molecule has 0 atom stereocenters. The quantitative estimate of drug-likeness (QED) is 0.534. The van der Waals surface area contributed by atoms with Gasteiger partial charge in [-0.1, -0.05) is 36.4 Å². The monoisotopic (exact) mass is 295 g/mol. The van der Waals surface area contributed by atoms with Gasteiger partial charge in [0.1, 0.15) is 11.4 Å². The van der Waals surface area contributed by atoms with Crippen LogP contribution in [-0.4, -0.2) is 11.1 Å². The van der Waals surface area contributed by atoms with Crippen molar-refractivity contribution in [3.05, 3.63) is 66.4 Å². The zero-order valence-corrected chi connectivity index (χ0v) is 11.9. The van der Waals surface area contributed by atoms with E-state index in [4.69, 9.17) is 13.9 Å². The minimum absolute atomic E-state index is 0.0276. The number of hydrogen-bond acceptors (Lipinski definition) is 5. The fourth-order valence-corrected chi connectivity index (χ4v) is 1.86. The van der Waals surface area contributed by atoms with E-state index in [9.17, 15) is 4.79 Å². The maximum atomic E-state index is 11.7. The van der Waals surface area contributed by atoms with Crippen molar-refractivity contribution >= 4 is 6.16 Å². The Bertz CT molecular complexity index is 766. The molecule has 0 aliphatic carbocycles. The van der Waals surface area contributed by atoms with Crippen molar-refractivity contribution in [2.24, 2.45) is 0 Å². The van der Waals surface area contributed by atoms with Gasteiger partial charge in [0, 0.05) is 5.56 Å². The highest BCUT2D eigenvalue weighted by Gasteiger charge is 2.17. The predicted octanol–water partition coefficient (Wildman–Crippen LogP) is 4.23. The molecule has 2 aromatic carbocycles. The summed E-state index contributed by atoms with van der Waals surface area (Å²) in [6.07, 6.45) is -0.870. The number of carbonyl (C=O) groups is 1. The lowest BCUT2D eigenvalue weighted by atomic mass is 10.2. The fraction of sp³-hybridized carbons (Fsp3) is 0.0588. The third-order valence-corrected chi connectivity index (χ3v) is 2.90. The number of ether oxygens (including phenoxy) is 2. The van der Waals surface area contributed by atoms with E-state index in [0.29, 0.717) is 17.3 Å². The van der Waals surface area contributed by atoms with Gasteiger partial charge in [0.05, 0.1) is 0 Å². The van der Waals surface area contributed by atoms with Crippen molar-refractivity contribution in [1.82, 2.24) is 4.98 Å². The van der Waals surface area contributed by atoms with Gasteiger partial charge >= 0.3 is 12.1 Å². The first-order valence-corrected chi connectivity index (χ1v) is 6.70. The zero-order chi connectivity index (χ0) is 15.4. The summed E-state index contributed by atoms with van der Waals surface area (Å²) in [5, 5.41) is 0. The Morgan fingerprint density at radius 2 is 1.59 bits per heavy atom. The molecule has 3 rings (SSSR count). The van der Waals surface area contributed by atoms with Crippen molar-refractivity contribution in [2.75, 3.05) is 0 Å². The standard InChI is InChI=1S/C17H13NO4/c1-12-16(21-15(18-12)13-8-4-2-5-9-13)22-17(19)20-14-10-6-3-7-11-14/h2-11H,1H3. The molecule has 22 heavy (non-hydrogen) atoms. The Hall–Kier alpha value is -3.08. The van der Waals surface area contributed by atoms with Crippen LogP contribution < -0.4 is 9.47 Å². The second-order valence-electron chi connectivity index (χ2n) is 4.53. The summed E-state index contributed by atoms with van der Waals surface area (Å²) >= 11 is 0. The van der Waals surface area contributed by atoms with Crippen molar-refractivity contribution in [3.8, 4) is 23.1 Å². The highest BCUT2D eigenvalue weighted by Crippen LogP contribution is 2.27. The highest BCUT2D eigenvalue weighted by atomic mass is 16.8. The number of rotatable bonds is 3. The second-order valence-corrected chi connectivity index (χ2v) is 4.53. The third kappa shape index (κ3) is 3.15. The Kier molecular flexibility index (Phi) is 3.87. The molecule has 0 unspecified atom stereocenters. The molecule has 0 saturated heterocycles. The smallest absolute Gasteiger partial charge is 0.405 e. The van der Waals surface area contributed by atoms with E-state index in [0.717, 1.165) is 5.56 Å². The summed E-state index contributed by atoms with van der Waals surface area (Å²) in [5.74, 6) is 0.813. The lowest BCUT2D eigenvalue weighted by Crippen LogP contribution is -2.13. The maximum absolute atomic E-state index is 11.7. The molecule has 0 N–H and O–H groups in total. The minimum atomic E-state index is -0.870. The van der Waals surface area contributed by atoms with Crippen LogP contribution in [0.4, 0.5) is 4.79 Å². The van der Waals surface area contributed by atoms with E-state index in [1.807, 2.05) is 36.4 Å². The number of benzene rings is 2. The van der Waals surface area contributed by atoms with E-state index in [2.05, 4.69) is 4.98 Å². The molecule has 0 bridgehead atoms. The van der Waals surface area contributed by atoms with Gasteiger partial charge in [0.25, 0.3) is 0 Å². The molecular weight excluding hydrogens is 282 g/mol. The normalized spacial score (nSPS) is 10.2. The van der Waals surface area contributed by atoms with Gasteiger partial charge in [-0.2, -0.15) is 0 Å². The lowest BCUT2D eigenvalue weighted by molar-refractivity contribution is 0.140. The molecule has 3 aromatic rings. The van der Waals surface area contributed by atoms with Crippen LogP contribution in [-0.2, 0) is 0 Å². The van der Waals surface area contributed by atoms with Crippen molar-refractivity contribution in [2.45, 2.75) is 6.92 Å². The molecule has 0 spiro atoms. The molecule has 5 heteroatoms. The molecule has 0 radical (unpaired) electrons.